The Hall–Kier alpha value is -6.48. The first-order valence-corrected chi connectivity index (χ1v) is 22.8. The van der Waals surface area contributed by atoms with Crippen LogP contribution in [-0.4, -0.2) is 169 Å². The molecule has 384 valence electrons. The number of aliphatic hydroxyl groups excluding tert-OH is 2. The second kappa shape index (κ2) is 28.1. The van der Waals surface area contributed by atoms with Gasteiger partial charge in [0.1, 0.15) is 60.5 Å². The highest BCUT2D eigenvalue weighted by atomic mass is 16.6. The Morgan fingerprint density at radius 3 is 1.68 bits per heavy atom. The maximum absolute atomic E-state index is 14.2. The molecule has 2 aliphatic rings. The zero-order valence-electron chi connectivity index (χ0n) is 39.2. The number of cyclic esters (lactones) is 1. The Bertz CT molecular complexity index is 1960. The first-order valence-electron chi connectivity index (χ1n) is 22.8. The maximum atomic E-state index is 14.2. The molecule has 10 amide bonds. The zero-order valence-corrected chi connectivity index (χ0v) is 39.2. The van der Waals surface area contributed by atoms with Gasteiger partial charge in [-0.05, 0) is 77.1 Å². The van der Waals surface area contributed by atoms with Crippen molar-refractivity contribution in [2.24, 2.45) is 23.1 Å². The minimum atomic E-state index is -1.70. The van der Waals surface area contributed by atoms with Crippen LogP contribution in [0.5, 0.6) is 0 Å². The largest absolute Gasteiger partial charge is 0.444 e. The lowest BCUT2D eigenvalue weighted by Gasteiger charge is -2.28. The highest BCUT2D eigenvalue weighted by molar-refractivity contribution is 5.99. The third kappa shape index (κ3) is 17.8. The van der Waals surface area contributed by atoms with Gasteiger partial charge in [0.15, 0.2) is 0 Å². The standard InChI is InChI=1S/C43H69N13O13/c1-21(2)18-29-38(63)50-25(10-14-44)34(59)49-27(12-16-46)37(62)55-32(22(3)58)41(66)47-17-13-28(51-40(65)31(20-57)54-42(67)33-23(4)69-43(68)56-33)36(61)48-26(11-15-45)35(60)53-30(39(64)52-29)19-24-8-6-5-7-9-24/h5-9,21-23,25-33,57-58H,10-20,44-46H2,1-4H3,(H,47,66)(H,48,61)(H,49,59)(H,50,63)(H,51,65)(H,52,64)(H,53,60)(H,54,67)(H,55,62)(H,56,68)/t22-,23-,25+,26+,27+,28+,29+,30-,31-,32+,33+/m1/s1. The van der Waals surface area contributed by atoms with E-state index in [-0.39, 0.29) is 57.7 Å². The minimum absolute atomic E-state index is 0.0615. The van der Waals surface area contributed by atoms with Crippen molar-refractivity contribution >= 4 is 59.3 Å². The number of nitrogens with one attached hydrogen (secondary N) is 10. The van der Waals surface area contributed by atoms with Crippen molar-refractivity contribution in [2.75, 3.05) is 32.8 Å². The Kier molecular flexibility index (Phi) is 23.2. The quantitative estimate of drug-likeness (QED) is 0.0733. The van der Waals surface area contributed by atoms with Crippen LogP contribution in [0.15, 0.2) is 30.3 Å². The third-order valence-corrected chi connectivity index (χ3v) is 11.1. The van der Waals surface area contributed by atoms with Crippen molar-refractivity contribution in [2.45, 2.75) is 133 Å². The molecule has 69 heavy (non-hydrogen) atoms. The number of hydrogen-bond donors (Lipinski definition) is 15. The van der Waals surface area contributed by atoms with Crippen LogP contribution in [0.4, 0.5) is 4.79 Å². The molecule has 26 nitrogen and oxygen atoms in total. The lowest BCUT2D eigenvalue weighted by Crippen LogP contribution is -2.61. The summed E-state index contributed by atoms with van der Waals surface area (Å²) in [5.74, 6) is -8.50. The van der Waals surface area contributed by atoms with E-state index < -0.39 is 145 Å². The molecule has 3 rings (SSSR count). The van der Waals surface area contributed by atoms with Crippen molar-refractivity contribution < 1.29 is 62.9 Å². The molecule has 1 aromatic rings. The fourth-order valence-electron chi connectivity index (χ4n) is 7.33. The SMILES string of the molecule is CC(C)C[C@@H]1NC(=O)[C@@H](Cc2ccccc2)NC(=O)[C@H](CCN)NC(=O)[C@@H](NC(=O)[C@@H](CO)NC(=O)[C@H]2NC(=O)O[C@@H]2C)CCNC(=O)[C@H]([C@@H](C)O)NC(=O)[C@H](CCN)NC(=O)[C@H](CCN)NC1=O. The van der Waals surface area contributed by atoms with E-state index in [9.17, 15) is 58.2 Å². The van der Waals surface area contributed by atoms with Crippen LogP contribution in [0, 0.1) is 5.92 Å². The van der Waals surface area contributed by atoms with Gasteiger partial charge in [-0.2, -0.15) is 0 Å². The number of benzene rings is 1. The minimum Gasteiger partial charge on any atom is -0.444 e. The van der Waals surface area contributed by atoms with E-state index >= 15 is 0 Å². The summed E-state index contributed by atoms with van der Waals surface area (Å²) in [6.45, 7) is 4.36. The number of ether oxygens (including phenoxy) is 1. The molecular formula is C43H69N13O13. The predicted octanol–water partition coefficient (Wildman–Crippen LogP) is -6.41. The summed E-state index contributed by atoms with van der Waals surface area (Å²) in [5.41, 5.74) is 18.1. The molecule has 2 saturated heterocycles. The van der Waals surface area contributed by atoms with Gasteiger partial charge in [0.25, 0.3) is 0 Å². The van der Waals surface area contributed by atoms with Gasteiger partial charge in [0, 0.05) is 13.0 Å². The molecule has 0 bridgehead atoms. The molecule has 0 spiro atoms. The van der Waals surface area contributed by atoms with E-state index in [0.29, 0.717) is 5.56 Å². The van der Waals surface area contributed by atoms with Crippen molar-refractivity contribution in [3.63, 3.8) is 0 Å². The third-order valence-electron chi connectivity index (χ3n) is 11.1. The van der Waals surface area contributed by atoms with Crippen molar-refractivity contribution in [1.29, 1.82) is 0 Å². The average Bonchev–Trinajstić information content (AvgIpc) is 3.64. The monoisotopic (exact) mass is 976 g/mol. The molecule has 1 aromatic carbocycles. The molecule has 0 aliphatic carbocycles. The van der Waals surface area contributed by atoms with Crippen LogP contribution < -0.4 is 70.4 Å². The first-order chi connectivity index (χ1) is 32.7. The van der Waals surface area contributed by atoms with Gasteiger partial charge in [-0.15, -0.1) is 0 Å². The van der Waals surface area contributed by atoms with Crippen molar-refractivity contribution in [3.05, 3.63) is 35.9 Å². The number of aliphatic hydroxyl groups is 2. The maximum Gasteiger partial charge on any atom is 0.408 e. The Labute approximate surface area is 399 Å². The van der Waals surface area contributed by atoms with E-state index in [2.05, 4.69) is 53.2 Å². The lowest BCUT2D eigenvalue weighted by molar-refractivity contribution is -0.136. The number of hydrogen-bond acceptors (Lipinski definition) is 16. The Balaban J connectivity index is 2.10. The van der Waals surface area contributed by atoms with Gasteiger partial charge < -0.3 is 85.3 Å². The molecule has 0 unspecified atom stereocenters. The van der Waals surface area contributed by atoms with Crippen LogP contribution in [0.1, 0.15) is 65.4 Å². The molecule has 0 aromatic heterocycles. The number of nitrogens with two attached hydrogens (primary N) is 3. The highest BCUT2D eigenvalue weighted by Crippen LogP contribution is 2.12. The van der Waals surface area contributed by atoms with E-state index in [0.717, 1.165) is 0 Å². The lowest BCUT2D eigenvalue weighted by atomic mass is 10.00. The molecular weight excluding hydrogens is 907 g/mol. The number of amides is 10. The first kappa shape index (κ1) is 56.8. The summed E-state index contributed by atoms with van der Waals surface area (Å²) in [6, 6.07) is -4.52. The van der Waals surface area contributed by atoms with E-state index in [1.165, 1.54) is 13.8 Å². The Morgan fingerprint density at radius 2 is 1.19 bits per heavy atom. The summed E-state index contributed by atoms with van der Waals surface area (Å²) >= 11 is 0. The van der Waals surface area contributed by atoms with Gasteiger partial charge in [0.2, 0.25) is 53.2 Å². The second-order valence-electron chi connectivity index (χ2n) is 17.2. The zero-order chi connectivity index (χ0) is 51.4. The summed E-state index contributed by atoms with van der Waals surface area (Å²) in [7, 11) is 0. The number of carbonyl (C=O) groups is 10. The van der Waals surface area contributed by atoms with Gasteiger partial charge >= 0.3 is 6.09 Å². The summed E-state index contributed by atoms with van der Waals surface area (Å²) in [4.78, 5) is 136. The van der Waals surface area contributed by atoms with E-state index in [4.69, 9.17) is 21.9 Å². The fraction of sp³-hybridized carbons (Fsp3) is 0.628. The van der Waals surface area contributed by atoms with E-state index in [1.807, 2.05) is 0 Å². The van der Waals surface area contributed by atoms with Crippen molar-refractivity contribution in [1.82, 2.24) is 53.2 Å². The smallest absolute Gasteiger partial charge is 0.408 e. The van der Waals surface area contributed by atoms with E-state index in [1.54, 1.807) is 44.2 Å². The fourth-order valence-corrected chi connectivity index (χ4v) is 7.33. The summed E-state index contributed by atoms with van der Waals surface area (Å²) in [5, 5.41) is 45.5. The number of rotatable bonds is 16. The topological polar surface area (TPSA) is 419 Å². The highest BCUT2D eigenvalue weighted by Gasteiger charge is 2.39. The van der Waals surface area contributed by atoms with Gasteiger partial charge in [0.05, 0.1) is 12.7 Å². The molecule has 2 fully saturated rings. The second-order valence-corrected chi connectivity index (χ2v) is 17.2. The Morgan fingerprint density at radius 1 is 0.696 bits per heavy atom. The molecule has 2 heterocycles. The van der Waals surface area contributed by atoms with Gasteiger partial charge in [-0.1, -0.05) is 44.2 Å². The molecule has 26 heteroatoms. The predicted molar refractivity (Wildman–Crippen MR) is 245 cm³/mol. The summed E-state index contributed by atoms with van der Waals surface area (Å²) in [6.07, 6.45) is -4.33. The number of alkyl carbamates (subject to hydrolysis) is 1. The normalized spacial score (nSPS) is 26.8. The van der Waals surface area contributed by atoms with Crippen LogP contribution in [0.3, 0.4) is 0 Å². The van der Waals surface area contributed by atoms with Crippen LogP contribution >= 0.6 is 0 Å². The molecule has 18 N–H and O–H groups in total. The molecule has 0 saturated carbocycles. The van der Waals surface area contributed by atoms with Gasteiger partial charge in [-0.3, -0.25) is 43.2 Å². The average molecular weight is 976 g/mol. The molecule has 11 atom stereocenters. The molecule has 0 radical (unpaired) electrons. The van der Waals surface area contributed by atoms with Crippen molar-refractivity contribution in [3.8, 4) is 0 Å². The summed E-state index contributed by atoms with van der Waals surface area (Å²) < 4.78 is 4.91. The number of carbonyl (C=O) groups excluding carboxylic acids is 10. The van der Waals surface area contributed by atoms with Crippen LogP contribution in [0.2, 0.25) is 0 Å². The van der Waals surface area contributed by atoms with Crippen LogP contribution in [0.25, 0.3) is 0 Å². The van der Waals surface area contributed by atoms with Crippen LogP contribution in [-0.2, 0) is 54.3 Å². The van der Waals surface area contributed by atoms with Gasteiger partial charge in [-0.25, -0.2) is 4.79 Å². The molecule has 2 aliphatic heterocycles.